The maximum atomic E-state index is 12.9. The van der Waals surface area contributed by atoms with Crippen LogP contribution in [-0.2, 0) is 25.6 Å². The first-order valence-corrected chi connectivity index (χ1v) is 7.82. The van der Waals surface area contributed by atoms with E-state index in [-0.39, 0.29) is 6.61 Å². The summed E-state index contributed by atoms with van der Waals surface area (Å²) in [7, 11) is 0. The highest BCUT2D eigenvalue weighted by Gasteiger charge is 2.82. The number of hydrogen-bond acceptors (Lipinski definition) is 5. The summed E-state index contributed by atoms with van der Waals surface area (Å²) in [6.07, 6.45) is -13.8. The minimum Gasteiger partial charge on any atom is -0.445 e. The molecule has 0 saturated carbocycles. The molecule has 0 spiro atoms. The molecule has 1 amide bonds. The summed E-state index contributed by atoms with van der Waals surface area (Å²) >= 11 is 0. The van der Waals surface area contributed by atoms with Crippen molar-refractivity contribution in [1.29, 1.82) is 0 Å². The molecule has 1 saturated heterocycles. The second kappa shape index (κ2) is 7.49. The van der Waals surface area contributed by atoms with Crippen molar-refractivity contribution in [1.82, 2.24) is 5.32 Å². The molecular formula is C16H15F6NO5. The Bertz CT molecular complexity index is 706. The standard InChI is InChI=1S/C16H15F6NO5/c1-13(7-8-23-12(25)26-9-10-5-3-2-4-6-10)11(24)27-14(28-13,15(17,18)19)16(20,21)22/h2-6H,7-9H2,1H3,(H,23,25)/t13-/m0/s1. The number of halogens is 6. The van der Waals surface area contributed by atoms with E-state index in [1.54, 1.807) is 30.3 Å². The van der Waals surface area contributed by atoms with Crippen LogP contribution in [-0.4, -0.2) is 42.3 Å². The smallest absolute Gasteiger partial charge is 0.445 e. The fourth-order valence-corrected chi connectivity index (χ4v) is 2.34. The van der Waals surface area contributed by atoms with Crippen LogP contribution in [0.3, 0.4) is 0 Å². The lowest BCUT2D eigenvalue weighted by atomic mass is 10.0. The molecule has 2 rings (SSSR count). The van der Waals surface area contributed by atoms with Gasteiger partial charge in [0.15, 0.2) is 5.60 Å². The van der Waals surface area contributed by atoms with Gasteiger partial charge in [0.25, 0.3) is 0 Å². The van der Waals surface area contributed by atoms with Crippen LogP contribution in [0, 0.1) is 0 Å². The maximum absolute atomic E-state index is 12.9. The third-order valence-electron chi connectivity index (χ3n) is 3.87. The number of rotatable bonds is 5. The summed E-state index contributed by atoms with van der Waals surface area (Å²) < 4.78 is 90.1. The molecule has 156 valence electrons. The number of nitrogens with one attached hydrogen (secondary N) is 1. The van der Waals surface area contributed by atoms with Crippen molar-refractivity contribution in [2.45, 2.75) is 43.7 Å². The molecule has 1 aliphatic rings. The Morgan fingerprint density at radius 2 is 1.68 bits per heavy atom. The zero-order chi connectivity index (χ0) is 21.2. The predicted octanol–water partition coefficient (Wildman–Crippen LogP) is 3.46. The van der Waals surface area contributed by atoms with Gasteiger partial charge in [-0.25, -0.2) is 9.59 Å². The van der Waals surface area contributed by atoms with E-state index in [0.717, 1.165) is 0 Å². The van der Waals surface area contributed by atoms with E-state index in [2.05, 4.69) is 14.8 Å². The Balaban J connectivity index is 1.94. The molecule has 28 heavy (non-hydrogen) atoms. The Morgan fingerprint density at radius 3 is 2.18 bits per heavy atom. The van der Waals surface area contributed by atoms with Crippen LogP contribution in [0.4, 0.5) is 31.1 Å². The van der Waals surface area contributed by atoms with Crippen LogP contribution < -0.4 is 5.32 Å². The lowest BCUT2D eigenvalue weighted by molar-refractivity contribution is -0.444. The van der Waals surface area contributed by atoms with Gasteiger partial charge in [0, 0.05) is 13.0 Å². The SMILES string of the molecule is C[C@@]1(CCNC(=O)OCc2ccccc2)OC(C(F)(F)F)(C(F)(F)F)OC1=O. The number of carbonyl (C=O) groups is 2. The van der Waals surface area contributed by atoms with Crippen LogP contribution in [0.5, 0.6) is 0 Å². The number of ether oxygens (including phenoxy) is 3. The first-order valence-electron chi connectivity index (χ1n) is 7.82. The van der Waals surface area contributed by atoms with E-state index in [4.69, 9.17) is 4.74 Å². The topological polar surface area (TPSA) is 73.9 Å². The van der Waals surface area contributed by atoms with Crippen molar-refractivity contribution in [3.63, 3.8) is 0 Å². The lowest BCUT2D eigenvalue weighted by Gasteiger charge is -2.31. The number of alkyl halides is 6. The molecule has 6 nitrogen and oxygen atoms in total. The number of esters is 1. The number of carbonyl (C=O) groups excluding carboxylic acids is 2. The van der Waals surface area contributed by atoms with Gasteiger partial charge in [0.2, 0.25) is 0 Å². The molecule has 1 N–H and O–H groups in total. The minimum atomic E-state index is -6.04. The van der Waals surface area contributed by atoms with Gasteiger partial charge in [-0.15, -0.1) is 0 Å². The summed E-state index contributed by atoms with van der Waals surface area (Å²) in [5, 5.41) is 2.12. The van der Waals surface area contributed by atoms with E-state index in [9.17, 15) is 35.9 Å². The Labute approximate surface area is 154 Å². The average molecular weight is 415 g/mol. The molecule has 0 bridgehead atoms. The normalized spacial score (nSPS) is 21.9. The monoisotopic (exact) mass is 415 g/mol. The maximum Gasteiger partial charge on any atom is 0.465 e. The van der Waals surface area contributed by atoms with E-state index >= 15 is 0 Å². The average Bonchev–Trinajstić information content (AvgIpc) is 2.86. The lowest BCUT2D eigenvalue weighted by Crippen LogP contribution is -2.58. The third kappa shape index (κ3) is 4.32. The zero-order valence-electron chi connectivity index (χ0n) is 14.3. The summed E-state index contributed by atoms with van der Waals surface area (Å²) in [6, 6.07) is 8.49. The van der Waals surface area contributed by atoms with Crippen molar-refractivity contribution in [2.75, 3.05) is 6.54 Å². The van der Waals surface area contributed by atoms with Crippen LogP contribution >= 0.6 is 0 Å². The second-order valence-corrected chi connectivity index (χ2v) is 6.07. The van der Waals surface area contributed by atoms with Gasteiger partial charge in [-0.1, -0.05) is 30.3 Å². The number of cyclic esters (lactones) is 1. The first-order chi connectivity index (χ1) is 12.8. The van der Waals surface area contributed by atoms with Crippen LogP contribution in [0.25, 0.3) is 0 Å². The van der Waals surface area contributed by atoms with Gasteiger partial charge in [-0.2, -0.15) is 26.3 Å². The second-order valence-electron chi connectivity index (χ2n) is 6.07. The quantitative estimate of drug-likeness (QED) is 0.589. The first kappa shape index (κ1) is 21.8. The molecule has 12 heteroatoms. The van der Waals surface area contributed by atoms with Gasteiger partial charge < -0.3 is 19.5 Å². The van der Waals surface area contributed by atoms with Crippen molar-refractivity contribution in [2.24, 2.45) is 0 Å². The van der Waals surface area contributed by atoms with Gasteiger partial charge in [0.1, 0.15) is 6.61 Å². The molecule has 1 heterocycles. The molecule has 0 unspecified atom stereocenters. The zero-order valence-corrected chi connectivity index (χ0v) is 14.3. The van der Waals surface area contributed by atoms with E-state index in [1.807, 2.05) is 0 Å². The fraction of sp³-hybridized carbons (Fsp3) is 0.500. The molecule has 1 fully saturated rings. The van der Waals surface area contributed by atoms with Gasteiger partial charge in [-0.05, 0) is 12.5 Å². The highest BCUT2D eigenvalue weighted by Crippen LogP contribution is 2.53. The largest absolute Gasteiger partial charge is 0.465 e. The van der Waals surface area contributed by atoms with Crippen LogP contribution in [0.15, 0.2) is 30.3 Å². The molecular weight excluding hydrogens is 400 g/mol. The Kier molecular flexibility index (Phi) is 5.83. The fourth-order valence-electron chi connectivity index (χ4n) is 2.34. The van der Waals surface area contributed by atoms with Crippen LogP contribution in [0.2, 0.25) is 0 Å². The van der Waals surface area contributed by atoms with Gasteiger partial charge >= 0.3 is 30.2 Å². The number of amides is 1. The Hall–Kier alpha value is -2.50. The highest BCUT2D eigenvalue weighted by molar-refractivity contribution is 5.81. The molecule has 0 aromatic heterocycles. The highest BCUT2D eigenvalue weighted by atomic mass is 19.4. The molecule has 1 aliphatic heterocycles. The summed E-state index contributed by atoms with van der Waals surface area (Å²) in [4.78, 5) is 23.3. The van der Waals surface area contributed by atoms with E-state index < -0.39 is 48.8 Å². The third-order valence-corrected chi connectivity index (χ3v) is 3.87. The molecule has 0 radical (unpaired) electrons. The van der Waals surface area contributed by atoms with Crippen LogP contribution in [0.1, 0.15) is 18.9 Å². The van der Waals surface area contributed by atoms with E-state index in [0.29, 0.717) is 12.5 Å². The molecule has 0 aliphatic carbocycles. The van der Waals surface area contributed by atoms with Gasteiger partial charge in [-0.3, -0.25) is 0 Å². The molecule has 1 aromatic rings. The van der Waals surface area contributed by atoms with Crippen molar-refractivity contribution in [3.8, 4) is 0 Å². The van der Waals surface area contributed by atoms with Gasteiger partial charge in [0.05, 0.1) is 0 Å². The summed E-state index contributed by atoms with van der Waals surface area (Å²) in [6.45, 7) is 0.115. The minimum absolute atomic E-state index is 0.103. The molecule has 1 atom stereocenters. The van der Waals surface area contributed by atoms with Crippen molar-refractivity contribution in [3.05, 3.63) is 35.9 Å². The Morgan fingerprint density at radius 1 is 1.11 bits per heavy atom. The molecule has 1 aromatic carbocycles. The summed E-state index contributed by atoms with van der Waals surface area (Å²) in [5.74, 6) is -6.90. The predicted molar refractivity (Wildman–Crippen MR) is 79.7 cm³/mol. The number of alkyl carbamates (subject to hydrolysis) is 1. The summed E-state index contributed by atoms with van der Waals surface area (Å²) in [5.41, 5.74) is -1.91. The number of benzene rings is 1. The number of hydrogen-bond donors (Lipinski definition) is 1. The van der Waals surface area contributed by atoms with Crippen molar-refractivity contribution < 1.29 is 50.1 Å². The van der Waals surface area contributed by atoms with Crippen molar-refractivity contribution >= 4 is 12.1 Å². The van der Waals surface area contributed by atoms with E-state index in [1.165, 1.54) is 0 Å².